The van der Waals surface area contributed by atoms with Gasteiger partial charge in [0.05, 0.1) is 18.6 Å². The van der Waals surface area contributed by atoms with Crippen LogP contribution in [0, 0.1) is 5.92 Å². The molecule has 9 nitrogen and oxygen atoms in total. The van der Waals surface area contributed by atoms with E-state index in [1.165, 1.54) is 6.92 Å². The largest absolute Gasteiger partial charge is 1.00 e. The molecule has 0 radical (unpaired) electrons. The Labute approximate surface area is 212 Å². The van der Waals surface area contributed by atoms with Gasteiger partial charge in [-0.25, -0.2) is 0 Å². The third-order valence-electron chi connectivity index (χ3n) is 5.65. The van der Waals surface area contributed by atoms with Gasteiger partial charge in [0, 0.05) is 19.3 Å². The van der Waals surface area contributed by atoms with Crippen LogP contribution in [0.25, 0.3) is 0 Å². The molecule has 0 aliphatic carbocycles. The maximum Gasteiger partial charge on any atom is 0.293 e. The number of fused-ring (bicyclic) bond motifs is 13. The van der Waals surface area contributed by atoms with Crippen LogP contribution in [-0.4, -0.2) is 55.9 Å². The maximum atomic E-state index is 13.2. The highest BCUT2D eigenvalue weighted by atomic mass is 35.5. The smallest absolute Gasteiger partial charge is 0.293 e. The van der Waals surface area contributed by atoms with Gasteiger partial charge in [0.15, 0.2) is 5.78 Å². The van der Waals surface area contributed by atoms with E-state index in [0.29, 0.717) is 38.1 Å². The predicted molar refractivity (Wildman–Crippen MR) is 126 cm³/mol. The standard InChI is InChI=1S/C25H35N3O6.ClH/c1-18(30)27-23-14-19-8-10-22(11-9-19)34-13-5-3-7-21(16-33-17-29)28-25(32)20(15-24(23)31)6-2-4-12-26;/h3,5,8-11,17,20-21,23H,2,4,6-7,12-16,26H2,1H3,(H,27,30)(H,28,32);1H/t20-,21+,23+;/m1./s1. The van der Waals surface area contributed by atoms with E-state index in [0.717, 1.165) is 24.9 Å². The number of hydrogen-bond acceptors (Lipinski definition) is 6. The lowest BCUT2D eigenvalue weighted by Gasteiger charge is -2.23. The Balaban J connectivity index is 0.00000612. The third-order valence-corrected chi connectivity index (χ3v) is 5.65. The summed E-state index contributed by atoms with van der Waals surface area (Å²) in [5, 5.41) is 5.66. The first-order chi connectivity index (χ1) is 16.4. The number of ether oxygens (including phenoxy) is 2. The fourth-order valence-corrected chi connectivity index (χ4v) is 3.84. The van der Waals surface area contributed by atoms with Crippen molar-refractivity contribution in [2.45, 2.75) is 57.5 Å². The highest BCUT2D eigenvalue weighted by Gasteiger charge is 2.28. The van der Waals surface area contributed by atoms with Crippen molar-refractivity contribution < 1.29 is 46.8 Å². The van der Waals surface area contributed by atoms with E-state index in [9.17, 15) is 19.2 Å². The summed E-state index contributed by atoms with van der Waals surface area (Å²) in [6, 6.07) is 6.21. The second kappa shape index (κ2) is 16.7. The van der Waals surface area contributed by atoms with E-state index in [1.54, 1.807) is 0 Å². The highest BCUT2D eigenvalue weighted by molar-refractivity contribution is 5.92. The Morgan fingerprint density at radius 1 is 1.20 bits per heavy atom. The van der Waals surface area contributed by atoms with Gasteiger partial charge < -0.3 is 38.2 Å². The van der Waals surface area contributed by atoms with Gasteiger partial charge in [-0.05, 0) is 49.8 Å². The minimum atomic E-state index is -0.737. The molecule has 3 rings (SSSR count). The van der Waals surface area contributed by atoms with Crippen LogP contribution in [0.5, 0.6) is 5.75 Å². The van der Waals surface area contributed by atoms with Gasteiger partial charge >= 0.3 is 0 Å². The zero-order valence-corrected chi connectivity index (χ0v) is 20.9. The van der Waals surface area contributed by atoms with Gasteiger partial charge in [-0.2, -0.15) is 0 Å². The Morgan fingerprint density at radius 2 is 1.94 bits per heavy atom. The summed E-state index contributed by atoms with van der Waals surface area (Å²) in [5.74, 6) is -0.648. The molecule has 0 saturated carbocycles. The summed E-state index contributed by atoms with van der Waals surface area (Å²) in [6.45, 7) is 2.83. The molecule has 0 fully saturated rings. The average molecular weight is 510 g/mol. The summed E-state index contributed by atoms with van der Waals surface area (Å²) in [4.78, 5) is 48.9. The van der Waals surface area contributed by atoms with Crippen LogP contribution in [-0.2, 0) is 30.3 Å². The summed E-state index contributed by atoms with van der Waals surface area (Å²) in [7, 11) is 0. The zero-order valence-electron chi connectivity index (χ0n) is 20.2. The summed E-state index contributed by atoms with van der Waals surface area (Å²) in [6.07, 6.45) is 6.60. The van der Waals surface area contributed by atoms with E-state index in [4.69, 9.17) is 9.47 Å². The number of amides is 2. The fraction of sp³-hybridized carbons (Fsp3) is 0.520. The van der Waals surface area contributed by atoms with E-state index < -0.39 is 18.0 Å². The molecule has 2 aliphatic rings. The normalized spacial score (nSPS) is 21.1. The molecule has 0 aromatic heterocycles. The van der Waals surface area contributed by atoms with Crippen molar-refractivity contribution in [2.75, 3.05) is 19.8 Å². The molecular weight excluding hydrogens is 474 g/mol. The molecule has 2 aliphatic heterocycles. The lowest BCUT2D eigenvalue weighted by Crippen LogP contribution is -3.00. The molecule has 1 aromatic carbocycles. The topological polar surface area (TPSA) is 138 Å². The summed E-state index contributed by atoms with van der Waals surface area (Å²) >= 11 is 0. The molecule has 3 atom stereocenters. The first-order valence-corrected chi connectivity index (χ1v) is 11.7. The van der Waals surface area contributed by atoms with Gasteiger partial charge in [0.25, 0.3) is 6.47 Å². The zero-order chi connectivity index (χ0) is 24.8. The predicted octanol–water partition coefficient (Wildman–Crippen LogP) is -2.28. The number of unbranched alkanes of at least 4 members (excludes halogenated alkanes) is 1. The van der Waals surface area contributed by atoms with E-state index in [-0.39, 0.29) is 43.0 Å². The number of rotatable bonds is 8. The third kappa shape index (κ3) is 11.4. The lowest BCUT2D eigenvalue weighted by molar-refractivity contribution is -0.368. The van der Waals surface area contributed by atoms with Gasteiger partial charge in [-0.1, -0.05) is 24.3 Å². The van der Waals surface area contributed by atoms with Crippen molar-refractivity contribution in [3.63, 3.8) is 0 Å². The number of Topliss-reactive ketones (excluding diaryl/α,β-unsaturated/α-hetero) is 1. The van der Waals surface area contributed by atoms with Crippen LogP contribution < -0.4 is 33.5 Å². The molecule has 0 saturated heterocycles. The Hall–Kier alpha value is -2.91. The van der Waals surface area contributed by atoms with Crippen LogP contribution in [0.15, 0.2) is 36.4 Å². The van der Waals surface area contributed by atoms with E-state index in [1.807, 2.05) is 36.4 Å². The SMILES string of the molecule is CC(=O)N[C@H]1Cc2ccc(cc2)OCC=CC[C@@H](COC=O)NC(=O)[C@H](CCCC[NH3+])CC1=O.[Cl-]. The molecule has 35 heavy (non-hydrogen) atoms. The molecule has 10 heteroatoms. The molecule has 0 unspecified atom stereocenters. The van der Waals surface area contributed by atoms with Gasteiger partial charge in [0.2, 0.25) is 11.8 Å². The molecule has 2 heterocycles. The number of quaternary nitrogens is 1. The van der Waals surface area contributed by atoms with E-state index >= 15 is 0 Å². The van der Waals surface area contributed by atoms with Crippen LogP contribution in [0.2, 0.25) is 0 Å². The second-order valence-electron chi connectivity index (χ2n) is 8.47. The quantitative estimate of drug-likeness (QED) is 0.205. The Bertz CT molecular complexity index is 846. The van der Waals surface area contributed by atoms with Gasteiger partial charge in [0.1, 0.15) is 19.0 Å². The number of halogens is 1. The molecule has 194 valence electrons. The molecule has 0 spiro atoms. The number of hydrogen-bond donors (Lipinski definition) is 3. The van der Waals surface area contributed by atoms with E-state index in [2.05, 4.69) is 16.4 Å². The van der Waals surface area contributed by atoms with Crippen LogP contribution in [0.4, 0.5) is 0 Å². The number of ketones is 1. The van der Waals surface area contributed by atoms with Crippen LogP contribution in [0.1, 0.15) is 44.6 Å². The number of carbonyl (C=O) groups excluding carboxylic acids is 4. The highest BCUT2D eigenvalue weighted by Crippen LogP contribution is 2.19. The van der Waals surface area contributed by atoms with Crippen LogP contribution >= 0.6 is 0 Å². The summed E-state index contributed by atoms with van der Waals surface area (Å²) < 4.78 is 10.6. The summed E-state index contributed by atoms with van der Waals surface area (Å²) in [5.41, 5.74) is 4.72. The van der Waals surface area contributed by atoms with Gasteiger partial charge in [-0.3, -0.25) is 19.2 Å². The lowest BCUT2D eigenvalue weighted by atomic mass is 9.90. The second-order valence-corrected chi connectivity index (χ2v) is 8.47. The molecule has 1 aromatic rings. The molecule has 2 bridgehead atoms. The first-order valence-electron chi connectivity index (χ1n) is 11.7. The first kappa shape index (κ1) is 30.1. The van der Waals surface area contributed by atoms with Crippen molar-refractivity contribution >= 4 is 24.1 Å². The van der Waals surface area contributed by atoms with Crippen molar-refractivity contribution in [3.05, 3.63) is 42.0 Å². The van der Waals surface area contributed by atoms with Crippen molar-refractivity contribution in [1.82, 2.24) is 10.6 Å². The Kier molecular flexibility index (Phi) is 14.3. The van der Waals surface area contributed by atoms with Crippen molar-refractivity contribution in [2.24, 2.45) is 5.92 Å². The number of nitrogens with one attached hydrogen (secondary N) is 2. The number of carbonyl (C=O) groups is 4. The Morgan fingerprint density at radius 3 is 2.60 bits per heavy atom. The molecular formula is C25H36ClN3O6. The minimum Gasteiger partial charge on any atom is -1.00 e. The van der Waals surface area contributed by atoms with Crippen molar-refractivity contribution in [3.8, 4) is 5.75 Å². The fourth-order valence-electron chi connectivity index (χ4n) is 3.84. The minimum absolute atomic E-state index is 0. The number of benzene rings is 1. The maximum absolute atomic E-state index is 13.2. The average Bonchev–Trinajstić information content (AvgIpc) is 2.81. The molecule has 5 N–H and O–H groups in total. The van der Waals surface area contributed by atoms with Gasteiger partial charge in [-0.15, -0.1) is 0 Å². The van der Waals surface area contributed by atoms with Crippen LogP contribution in [0.3, 0.4) is 0 Å². The monoisotopic (exact) mass is 509 g/mol. The van der Waals surface area contributed by atoms with Crippen molar-refractivity contribution in [1.29, 1.82) is 0 Å². The molecule has 2 amide bonds.